The first kappa shape index (κ1) is 16.8. The van der Waals surface area contributed by atoms with Crippen LogP contribution >= 0.6 is 0 Å². The standard InChI is InChI=1S/C20H17NO3S/c21-18-14-13-17(12-11-16-7-3-1-4-8-16)20(15-18)25(22,23)24-19-9-5-2-6-10-19/h1-15H,21H2/b12-11+. The van der Waals surface area contributed by atoms with Crippen molar-refractivity contribution in [2.45, 2.75) is 4.90 Å². The number of hydrogen-bond acceptors (Lipinski definition) is 4. The highest BCUT2D eigenvalue weighted by molar-refractivity contribution is 7.87. The van der Waals surface area contributed by atoms with Crippen LogP contribution in [0, 0.1) is 0 Å². The van der Waals surface area contributed by atoms with E-state index in [-0.39, 0.29) is 10.6 Å². The van der Waals surface area contributed by atoms with Gasteiger partial charge in [0.2, 0.25) is 0 Å². The van der Waals surface area contributed by atoms with Gasteiger partial charge in [-0.2, -0.15) is 8.42 Å². The summed E-state index contributed by atoms with van der Waals surface area (Å²) in [6.45, 7) is 0. The molecule has 3 aromatic carbocycles. The van der Waals surface area contributed by atoms with Gasteiger partial charge in [-0.25, -0.2) is 0 Å². The minimum absolute atomic E-state index is 0.0311. The average molecular weight is 351 g/mol. The van der Waals surface area contributed by atoms with Crippen molar-refractivity contribution in [1.82, 2.24) is 0 Å². The molecule has 0 aliphatic carbocycles. The maximum absolute atomic E-state index is 12.7. The predicted molar refractivity (Wildman–Crippen MR) is 100 cm³/mol. The molecule has 0 unspecified atom stereocenters. The van der Waals surface area contributed by atoms with E-state index in [9.17, 15) is 8.42 Å². The van der Waals surface area contributed by atoms with Gasteiger partial charge < -0.3 is 9.92 Å². The Balaban J connectivity index is 1.97. The molecule has 3 aromatic rings. The molecule has 0 atom stereocenters. The van der Waals surface area contributed by atoms with Gasteiger partial charge in [0.1, 0.15) is 10.6 Å². The fourth-order valence-electron chi connectivity index (χ4n) is 2.30. The van der Waals surface area contributed by atoms with Crippen molar-refractivity contribution < 1.29 is 12.6 Å². The van der Waals surface area contributed by atoms with E-state index in [0.717, 1.165) is 5.56 Å². The number of benzene rings is 3. The summed E-state index contributed by atoms with van der Waals surface area (Å²) >= 11 is 0. The minimum Gasteiger partial charge on any atom is -0.399 e. The summed E-state index contributed by atoms with van der Waals surface area (Å²) in [6.07, 6.45) is 3.57. The number of anilines is 1. The predicted octanol–water partition coefficient (Wildman–Crippen LogP) is 4.21. The lowest BCUT2D eigenvalue weighted by molar-refractivity contribution is 0.486. The molecule has 0 spiro atoms. The minimum atomic E-state index is -4.00. The topological polar surface area (TPSA) is 69.4 Å². The van der Waals surface area contributed by atoms with Crippen LogP contribution in [0.1, 0.15) is 11.1 Å². The van der Waals surface area contributed by atoms with Crippen molar-refractivity contribution >= 4 is 28.0 Å². The lowest BCUT2D eigenvalue weighted by Gasteiger charge is -2.10. The van der Waals surface area contributed by atoms with Crippen LogP contribution in [0.15, 0.2) is 83.8 Å². The fraction of sp³-hybridized carbons (Fsp3) is 0. The van der Waals surface area contributed by atoms with E-state index < -0.39 is 10.1 Å². The van der Waals surface area contributed by atoms with Crippen LogP contribution in [0.4, 0.5) is 5.69 Å². The van der Waals surface area contributed by atoms with Gasteiger partial charge in [0.25, 0.3) is 0 Å². The molecule has 0 bridgehead atoms. The van der Waals surface area contributed by atoms with Gasteiger partial charge in [-0.3, -0.25) is 0 Å². The Hall–Kier alpha value is -3.05. The summed E-state index contributed by atoms with van der Waals surface area (Å²) in [7, 11) is -4.00. The van der Waals surface area contributed by atoms with Crippen molar-refractivity contribution in [2.24, 2.45) is 0 Å². The number of para-hydroxylation sites is 1. The Morgan fingerprint density at radius 3 is 2.12 bits per heavy atom. The third kappa shape index (κ3) is 4.28. The highest BCUT2D eigenvalue weighted by Crippen LogP contribution is 2.25. The molecule has 2 N–H and O–H groups in total. The van der Waals surface area contributed by atoms with Crippen molar-refractivity contribution in [2.75, 3.05) is 5.73 Å². The van der Waals surface area contributed by atoms with Crippen molar-refractivity contribution in [1.29, 1.82) is 0 Å². The first-order chi connectivity index (χ1) is 12.0. The zero-order chi connectivity index (χ0) is 17.7. The molecule has 0 heterocycles. The number of hydrogen-bond donors (Lipinski definition) is 1. The number of nitrogen functional groups attached to an aromatic ring is 1. The highest BCUT2D eigenvalue weighted by atomic mass is 32.2. The highest BCUT2D eigenvalue weighted by Gasteiger charge is 2.20. The van der Waals surface area contributed by atoms with Gasteiger partial charge >= 0.3 is 10.1 Å². The first-order valence-electron chi connectivity index (χ1n) is 7.67. The van der Waals surface area contributed by atoms with Crippen LogP contribution in [0.3, 0.4) is 0 Å². The summed E-state index contributed by atoms with van der Waals surface area (Å²) in [5, 5.41) is 0. The van der Waals surface area contributed by atoms with E-state index in [2.05, 4.69) is 0 Å². The van der Waals surface area contributed by atoms with Crippen LogP contribution < -0.4 is 9.92 Å². The first-order valence-corrected chi connectivity index (χ1v) is 9.08. The Morgan fingerprint density at radius 2 is 1.44 bits per heavy atom. The zero-order valence-corrected chi connectivity index (χ0v) is 14.2. The Morgan fingerprint density at radius 1 is 0.800 bits per heavy atom. The van der Waals surface area contributed by atoms with Crippen molar-refractivity contribution in [3.8, 4) is 5.75 Å². The van der Waals surface area contributed by atoms with Crippen molar-refractivity contribution in [3.63, 3.8) is 0 Å². The Kier molecular flexibility index (Phi) is 4.86. The summed E-state index contributed by atoms with van der Waals surface area (Å²) in [4.78, 5) is 0.0311. The van der Waals surface area contributed by atoms with Gasteiger partial charge in [0.05, 0.1) is 0 Å². The Labute approximate surface area is 147 Å². The van der Waals surface area contributed by atoms with Gasteiger partial charge in [0.15, 0.2) is 0 Å². The molecule has 0 saturated heterocycles. The molecule has 0 aliphatic heterocycles. The normalized spacial score (nSPS) is 11.5. The molecule has 0 amide bonds. The zero-order valence-electron chi connectivity index (χ0n) is 13.4. The van der Waals surface area contributed by atoms with Crippen LogP contribution in [0.25, 0.3) is 12.2 Å². The molecule has 126 valence electrons. The second kappa shape index (κ2) is 7.23. The van der Waals surface area contributed by atoms with Crippen LogP contribution in [-0.2, 0) is 10.1 Å². The fourth-order valence-corrected chi connectivity index (χ4v) is 3.46. The maximum atomic E-state index is 12.7. The lowest BCUT2D eigenvalue weighted by Crippen LogP contribution is -2.11. The average Bonchev–Trinajstić information content (AvgIpc) is 2.62. The number of nitrogens with two attached hydrogens (primary N) is 1. The second-order valence-corrected chi connectivity index (χ2v) is 6.91. The van der Waals surface area contributed by atoms with E-state index in [1.807, 2.05) is 36.4 Å². The maximum Gasteiger partial charge on any atom is 0.339 e. The Bertz CT molecular complexity index is 982. The van der Waals surface area contributed by atoms with E-state index >= 15 is 0 Å². The van der Waals surface area contributed by atoms with Gasteiger partial charge in [-0.05, 0) is 35.4 Å². The molecule has 0 saturated carbocycles. The molecule has 25 heavy (non-hydrogen) atoms. The van der Waals surface area contributed by atoms with Gasteiger partial charge in [0, 0.05) is 5.69 Å². The SMILES string of the molecule is Nc1ccc(/C=C/c2ccccc2)c(S(=O)(=O)Oc2ccccc2)c1. The van der Waals surface area contributed by atoms with Crippen LogP contribution in [-0.4, -0.2) is 8.42 Å². The van der Waals surface area contributed by atoms with Crippen LogP contribution in [0.2, 0.25) is 0 Å². The van der Waals surface area contributed by atoms with E-state index in [4.69, 9.17) is 9.92 Å². The summed E-state index contributed by atoms with van der Waals surface area (Å²) < 4.78 is 30.6. The van der Waals surface area contributed by atoms with Crippen molar-refractivity contribution in [3.05, 3.63) is 90.0 Å². The van der Waals surface area contributed by atoms with E-state index in [1.165, 1.54) is 6.07 Å². The number of rotatable bonds is 5. The lowest BCUT2D eigenvalue weighted by atomic mass is 10.1. The molecule has 4 nitrogen and oxygen atoms in total. The molecule has 3 rings (SSSR count). The molecule has 0 fully saturated rings. The largest absolute Gasteiger partial charge is 0.399 e. The summed E-state index contributed by atoms with van der Waals surface area (Å²) in [5.41, 5.74) is 7.61. The smallest absolute Gasteiger partial charge is 0.339 e. The van der Waals surface area contributed by atoms with Gasteiger partial charge in [-0.1, -0.05) is 66.7 Å². The van der Waals surface area contributed by atoms with Gasteiger partial charge in [-0.15, -0.1) is 0 Å². The summed E-state index contributed by atoms with van der Waals surface area (Å²) in [6, 6.07) is 22.7. The van der Waals surface area contributed by atoms with E-state index in [1.54, 1.807) is 48.5 Å². The third-order valence-electron chi connectivity index (χ3n) is 3.51. The molecular weight excluding hydrogens is 334 g/mol. The second-order valence-electron chi connectivity index (χ2n) is 5.39. The molecule has 0 aliphatic rings. The third-order valence-corrected chi connectivity index (χ3v) is 4.82. The monoisotopic (exact) mass is 351 g/mol. The molecule has 0 radical (unpaired) electrons. The quantitative estimate of drug-likeness (QED) is 0.425. The molecular formula is C20H17NO3S. The molecule has 5 heteroatoms. The summed E-state index contributed by atoms with van der Waals surface area (Å²) in [5.74, 6) is 0.253. The molecule has 0 aromatic heterocycles. The van der Waals surface area contributed by atoms with Crippen LogP contribution in [0.5, 0.6) is 5.75 Å². The van der Waals surface area contributed by atoms with E-state index in [0.29, 0.717) is 11.3 Å².